The van der Waals surface area contributed by atoms with E-state index in [1.807, 2.05) is 23.8 Å². The molecule has 1 aliphatic rings. The van der Waals surface area contributed by atoms with Crippen LogP contribution in [0, 0.1) is 0 Å². The normalized spacial score (nSPS) is 15.7. The molecule has 2 aromatic heterocycles. The van der Waals surface area contributed by atoms with Gasteiger partial charge in [0.25, 0.3) is 0 Å². The number of piperazine rings is 1. The number of hydrogen-bond acceptors (Lipinski definition) is 6. The Labute approximate surface area is 123 Å². The quantitative estimate of drug-likeness (QED) is 0.921. The van der Waals surface area contributed by atoms with E-state index in [0.29, 0.717) is 6.54 Å². The van der Waals surface area contributed by atoms with Crippen LogP contribution in [0.5, 0.6) is 0 Å². The summed E-state index contributed by atoms with van der Waals surface area (Å²) in [5.74, 6) is 1.09. The number of anilines is 2. The summed E-state index contributed by atoms with van der Waals surface area (Å²) in [7, 11) is 0. The molecule has 0 radical (unpaired) electrons. The number of nitrogens with two attached hydrogens (primary N) is 1. The summed E-state index contributed by atoms with van der Waals surface area (Å²) in [4.78, 5) is 13.6. The highest BCUT2D eigenvalue weighted by Crippen LogP contribution is 2.23. The number of hydrogen-bond donors (Lipinski definition) is 1. The third kappa shape index (κ3) is 2.76. The summed E-state index contributed by atoms with van der Waals surface area (Å²) in [6.45, 7) is 4.61. The summed E-state index contributed by atoms with van der Waals surface area (Å²) in [6.07, 6.45) is 4.61. The standard InChI is InChI=1S/C14H19N5S/c15-4-3-12-2-1-5-16-13(12)18-7-9-19(10-8-18)14-17-6-11-20-14/h1-2,5-6,11H,3-4,7-10,15H2. The molecule has 0 atom stereocenters. The number of rotatable bonds is 4. The molecule has 1 fully saturated rings. The summed E-state index contributed by atoms with van der Waals surface area (Å²) < 4.78 is 0. The maximum Gasteiger partial charge on any atom is 0.185 e. The van der Waals surface area contributed by atoms with Crippen LogP contribution in [0.15, 0.2) is 29.9 Å². The predicted molar refractivity (Wildman–Crippen MR) is 83.5 cm³/mol. The molecule has 3 heterocycles. The highest BCUT2D eigenvalue weighted by molar-refractivity contribution is 7.13. The van der Waals surface area contributed by atoms with Crippen LogP contribution < -0.4 is 15.5 Å². The zero-order valence-corrected chi connectivity index (χ0v) is 12.2. The first-order chi connectivity index (χ1) is 9.88. The molecule has 6 heteroatoms. The monoisotopic (exact) mass is 289 g/mol. The van der Waals surface area contributed by atoms with E-state index in [9.17, 15) is 0 Å². The Bertz CT molecular complexity index is 534. The Kier molecular flexibility index (Phi) is 4.13. The molecule has 0 aliphatic carbocycles. The molecule has 0 spiro atoms. The molecule has 5 nitrogen and oxygen atoms in total. The Morgan fingerprint density at radius 2 is 1.90 bits per heavy atom. The van der Waals surface area contributed by atoms with Gasteiger partial charge in [-0.25, -0.2) is 9.97 Å². The van der Waals surface area contributed by atoms with Gasteiger partial charge < -0.3 is 15.5 Å². The molecular formula is C14H19N5S. The second-order valence-corrected chi connectivity index (χ2v) is 5.69. The zero-order valence-electron chi connectivity index (χ0n) is 11.4. The van der Waals surface area contributed by atoms with Gasteiger partial charge in [0.2, 0.25) is 0 Å². The molecule has 2 aromatic rings. The Morgan fingerprint density at radius 1 is 1.10 bits per heavy atom. The smallest absolute Gasteiger partial charge is 0.185 e. The summed E-state index contributed by atoms with van der Waals surface area (Å²) >= 11 is 1.70. The third-order valence-corrected chi connectivity index (χ3v) is 4.38. The van der Waals surface area contributed by atoms with Crippen molar-refractivity contribution in [3.05, 3.63) is 35.5 Å². The molecule has 0 saturated carbocycles. The van der Waals surface area contributed by atoms with E-state index in [0.717, 1.165) is 43.5 Å². The number of pyridine rings is 1. The van der Waals surface area contributed by atoms with E-state index in [-0.39, 0.29) is 0 Å². The van der Waals surface area contributed by atoms with E-state index < -0.39 is 0 Å². The molecule has 3 rings (SSSR count). The molecule has 0 aromatic carbocycles. The molecular weight excluding hydrogens is 270 g/mol. The van der Waals surface area contributed by atoms with Crippen LogP contribution in [0.3, 0.4) is 0 Å². The second kappa shape index (κ2) is 6.19. The van der Waals surface area contributed by atoms with Gasteiger partial charge in [-0.05, 0) is 24.6 Å². The van der Waals surface area contributed by atoms with Crippen molar-refractivity contribution in [2.24, 2.45) is 5.73 Å². The summed E-state index contributed by atoms with van der Waals surface area (Å²) in [5.41, 5.74) is 6.93. The number of nitrogens with zero attached hydrogens (tertiary/aromatic N) is 4. The van der Waals surface area contributed by atoms with Gasteiger partial charge in [0.15, 0.2) is 5.13 Å². The molecule has 0 amide bonds. The van der Waals surface area contributed by atoms with Crippen molar-refractivity contribution in [3.8, 4) is 0 Å². The van der Waals surface area contributed by atoms with Crippen molar-refractivity contribution < 1.29 is 0 Å². The molecule has 0 unspecified atom stereocenters. The van der Waals surface area contributed by atoms with Gasteiger partial charge >= 0.3 is 0 Å². The lowest BCUT2D eigenvalue weighted by molar-refractivity contribution is 0.643. The molecule has 1 aliphatic heterocycles. The van der Waals surface area contributed by atoms with E-state index in [2.05, 4.69) is 25.8 Å². The number of aromatic nitrogens is 2. The lowest BCUT2D eigenvalue weighted by Gasteiger charge is -2.36. The second-order valence-electron chi connectivity index (χ2n) is 4.81. The van der Waals surface area contributed by atoms with Crippen LogP contribution in [0.25, 0.3) is 0 Å². The molecule has 1 saturated heterocycles. The van der Waals surface area contributed by atoms with Crippen LogP contribution >= 0.6 is 11.3 Å². The minimum Gasteiger partial charge on any atom is -0.353 e. The van der Waals surface area contributed by atoms with E-state index in [4.69, 9.17) is 5.73 Å². The first-order valence-corrected chi connectivity index (χ1v) is 7.80. The van der Waals surface area contributed by atoms with Crippen molar-refractivity contribution in [2.45, 2.75) is 6.42 Å². The first-order valence-electron chi connectivity index (χ1n) is 6.92. The summed E-state index contributed by atoms with van der Waals surface area (Å²) in [6, 6.07) is 4.11. The third-order valence-electron chi connectivity index (χ3n) is 3.55. The van der Waals surface area contributed by atoms with Crippen molar-refractivity contribution in [1.29, 1.82) is 0 Å². The minimum absolute atomic E-state index is 0.664. The van der Waals surface area contributed by atoms with Crippen LogP contribution in [0.1, 0.15) is 5.56 Å². The van der Waals surface area contributed by atoms with Crippen LogP contribution in [0.4, 0.5) is 10.9 Å². The van der Waals surface area contributed by atoms with Gasteiger partial charge in [-0.3, -0.25) is 0 Å². The van der Waals surface area contributed by atoms with Crippen LogP contribution in [-0.4, -0.2) is 42.7 Å². The average molecular weight is 289 g/mol. The SMILES string of the molecule is NCCc1cccnc1N1CCN(c2nccs2)CC1. The highest BCUT2D eigenvalue weighted by atomic mass is 32.1. The average Bonchev–Trinajstić information content (AvgIpc) is 3.03. The van der Waals surface area contributed by atoms with Crippen molar-refractivity contribution >= 4 is 22.3 Å². The van der Waals surface area contributed by atoms with Crippen molar-refractivity contribution in [3.63, 3.8) is 0 Å². The topological polar surface area (TPSA) is 58.3 Å². The maximum atomic E-state index is 5.68. The maximum absolute atomic E-state index is 5.68. The van der Waals surface area contributed by atoms with Crippen LogP contribution in [-0.2, 0) is 6.42 Å². The minimum atomic E-state index is 0.664. The Hall–Kier alpha value is -1.66. The molecule has 106 valence electrons. The van der Waals surface area contributed by atoms with Crippen molar-refractivity contribution in [2.75, 3.05) is 42.5 Å². The zero-order chi connectivity index (χ0) is 13.8. The first kappa shape index (κ1) is 13.3. The lowest BCUT2D eigenvalue weighted by atomic mass is 10.1. The Balaban J connectivity index is 1.69. The predicted octanol–water partition coefficient (Wildman–Crippen LogP) is 1.37. The highest BCUT2D eigenvalue weighted by Gasteiger charge is 2.21. The van der Waals surface area contributed by atoms with E-state index >= 15 is 0 Å². The molecule has 2 N–H and O–H groups in total. The largest absolute Gasteiger partial charge is 0.353 e. The fourth-order valence-corrected chi connectivity index (χ4v) is 3.24. The molecule has 20 heavy (non-hydrogen) atoms. The van der Waals surface area contributed by atoms with Crippen LogP contribution in [0.2, 0.25) is 0 Å². The van der Waals surface area contributed by atoms with Gasteiger partial charge in [0.05, 0.1) is 0 Å². The van der Waals surface area contributed by atoms with Gasteiger partial charge in [-0.15, -0.1) is 11.3 Å². The lowest BCUT2D eigenvalue weighted by Crippen LogP contribution is -2.47. The fraction of sp³-hybridized carbons (Fsp3) is 0.429. The van der Waals surface area contributed by atoms with E-state index in [1.54, 1.807) is 11.3 Å². The van der Waals surface area contributed by atoms with Gasteiger partial charge in [-0.1, -0.05) is 6.07 Å². The van der Waals surface area contributed by atoms with Gasteiger partial charge in [-0.2, -0.15) is 0 Å². The Morgan fingerprint density at radius 3 is 2.60 bits per heavy atom. The molecule has 0 bridgehead atoms. The van der Waals surface area contributed by atoms with Gasteiger partial charge in [0, 0.05) is 44.0 Å². The summed E-state index contributed by atoms with van der Waals surface area (Å²) in [5, 5.41) is 3.15. The fourth-order valence-electron chi connectivity index (χ4n) is 2.55. The van der Waals surface area contributed by atoms with Crippen molar-refractivity contribution in [1.82, 2.24) is 9.97 Å². The number of thiazole rings is 1. The van der Waals surface area contributed by atoms with E-state index in [1.165, 1.54) is 5.56 Å². The van der Waals surface area contributed by atoms with Gasteiger partial charge in [0.1, 0.15) is 5.82 Å².